The second-order valence-corrected chi connectivity index (χ2v) is 8.03. The highest BCUT2D eigenvalue weighted by molar-refractivity contribution is 5.87. The highest BCUT2D eigenvalue weighted by atomic mass is 15.1. The van der Waals surface area contributed by atoms with Gasteiger partial charge in [-0.05, 0) is 22.8 Å². The van der Waals surface area contributed by atoms with Crippen LogP contribution in [0.1, 0.15) is 25.0 Å². The SMILES string of the molecule is C[n+]1ccn(-c2cc(-n3cc[n+](C)c3)c3c(c2)C(C)(C)c2ccccc2-3)c1. The number of aromatic nitrogens is 4. The Morgan fingerprint density at radius 2 is 1.48 bits per heavy atom. The Bertz CT molecular complexity index is 1180. The Kier molecular flexibility index (Phi) is 3.23. The van der Waals surface area contributed by atoms with Crippen LogP contribution in [-0.4, -0.2) is 9.13 Å². The minimum Gasteiger partial charge on any atom is -0.239 e. The number of imidazole rings is 2. The first-order valence-electron chi connectivity index (χ1n) is 9.31. The zero-order valence-electron chi connectivity index (χ0n) is 16.2. The van der Waals surface area contributed by atoms with E-state index in [4.69, 9.17) is 0 Å². The summed E-state index contributed by atoms with van der Waals surface area (Å²) in [5.74, 6) is 0. The van der Waals surface area contributed by atoms with Gasteiger partial charge in [-0.1, -0.05) is 38.1 Å². The lowest BCUT2D eigenvalue weighted by Gasteiger charge is -2.21. The maximum Gasteiger partial charge on any atom is 0.248 e. The molecule has 0 radical (unpaired) electrons. The second-order valence-electron chi connectivity index (χ2n) is 8.03. The van der Waals surface area contributed by atoms with E-state index in [1.807, 2.05) is 0 Å². The van der Waals surface area contributed by atoms with E-state index >= 15 is 0 Å². The van der Waals surface area contributed by atoms with E-state index < -0.39 is 0 Å². The Morgan fingerprint density at radius 1 is 0.815 bits per heavy atom. The zero-order valence-corrected chi connectivity index (χ0v) is 16.2. The van der Waals surface area contributed by atoms with Gasteiger partial charge >= 0.3 is 0 Å². The number of benzene rings is 2. The molecular formula is C23H24N4+2. The minimum atomic E-state index is -0.0264. The van der Waals surface area contributed by atoms with Gasteiger partial charge < -0.3 is 0 Å². The van der Waals surface area contributed by atoms with Gasteiger partial charge in [-0.3, -0.25) is 0 Å². The zero-order chi connectivity index (χ0) is 18.8. The predicted octanol–water partition coefficient (Wildman–Crippen LogP) is 3.22. The molecule has 5 rings (SSSR count). The molecule has 27 heavy (non-hydrogen) atoms. The molecule has 2 aromatic heterocycles. The summed E-state index contributed by atoms with van der Waals surface area (Å²) < 4.78 is 8.57. The van der Waals surface area contributed by atoms with Crippen molar-refractivity contribution in [3.05, 3.63) is 85.0 Å². The molecule has 0 atom stereocenters. The monoisotopic (exact) mass is 356 g/mol. The summed E-state index contributed by atoms with van der Waals surface area (Å²) in [4.78, 5) is 0. The molecule has 4 nitrogen and oxygen atoms in total. The summed E-state index contributed by atoms with van der Waals surface area (Å²) in [6, 6.07) is 13.5. The number of nitrogens with zero attached hydrogens (tertiary/aromatic N) is 4. The van der Waals surface area contributed by atoms with E-state index in [0.717, 1.165) is 0 Å². The number of hydrogen-bond acceptors (Lipinski definition) is 0. The second kappa shape index (κ2) is 5.43. The van der Waals surface area contributed by atoms with Crippen LogP contribution in [0.4, 0.5) is 0 Å². The summed E-state index contributed by atoms with van der Waals surface area (Å²) in [6.07, 6.45) is 12.6. The highest BCUT2D eigenvalue weighted by Crippen LogP contribution is 2.51. The summed E-state index contributed by atoms with van der Waals surface area (Å²) in [6.45, 7) is 4.66. The third kappa shape index (κ3) is 2.29. The summed E-state index contributed by atoms with van der Waals surface area (Å²) in [5.41, 5.74) is 7.83. The van der Waals surface area contributed by atoms with Crippen molar-refractivity contribution in [3.63, 3.8) is 0 Å². The van der Waals surface area contributed by atoms with Crippen molar-refractivity contribution < 1.29 is 9.13 Å². The molecule has 2 heterocycles. The smallest absolute Gasteiger partial charge is 0.239 e. The molecule has 4 heteroatoms. The molecule has 0 fully saturated rings. The van der Waals surface area contributed by atoms with Gasteiger partial charge in [-0.15, -0.1) is 0 Å². The third-order valence-corrected chi connectivity index (χ3v) is 5.76. The van der Waals surface area contributed by atoms with Gasteiger partial charge in [0.1, 0.15) is 36.2 Å². The lowest BCUT2D eigenvalue weighted by molar-refractivity contribution is -0.670. The maximum absolute atomic E-state index is 2.35. The van der Waals surface area contributed by atoms with Crippen molar-refractivity contribution in [2.75, 3.05) is 0 Å². The number of hydrogen-bond donors (Lipinski definition) is 0. The van der Waals surface area contributed by atoms with Gasteiger partial charge in [0.05, 0.1) is 14.1 Å². The fraction of sp³-hybridized carbons (Fsp3) is 0.217. The average molecular weight is 356 g/mol. The van der Waals surface area contributed by atoms with Crippen LogP contribution in [0.25, 0.3) is 22.5 Å². The van der Waals surface area contributed by atoms with Crippen molar-refractivity contribution in [1.29, 1.82) is 0 Å². The van der Waals surface area contributed by atoms with Crippen molar-refractivity contribution in [1.82, 2.24) is 9.13 Å². The average Bonchev–Trinajstić information content (AvgIpc) is 3.33. The molecule has 0 spiro atoms. The van der Waals surface area contributed by atoms with E-state index in [-0.39, 0.29) is 5.41 Å². The summed E-state index contributed by atoms with van der Waals surface area (Å²) in [5, 5.41) is 0. The fourth-order valence-electron chi connectivity index (χ4n) is 4.33. The van der Waals surface area contributed by atoms with Crippen LogP contribution in [0.5, 0.6) is 0 Å². The molecule has 0 N–H and O–H groups in total. The molecule has 0 amide bonds. The van der Waals surface area contributed by atoms with Gasteiger partial charge in [-0.25, -0.2) is 18.3 Å². The van der Waals surface area contributed by atoms with Crippen LogP contribution in [0.3, 0.4) is 0 Å². The molecule has 0 unspecified atom stereocenters. The minimum absolute atomic E-state index is 0.0264. The number of rotatable bonds is 2. The molecule has 0 bridgehead atoms. The van der Waals surface area contributed by atoms with E-state index in [0.29, 0.717) is 0 Å². The number of fused-ring (bicyclic) bond motifs is 3. The maximum atomic E-state index is 2.35. The molecule has 4 aromatic rings. The van der Waals surface area contributed by atoms with Gasteiger partial charge in [0.15, 0.2) is 0 Å². The Labute approximate surface area is 159 Å². The van der Waals surface area contributed by atoms with Gasteiger partial charge in [0.25, 0.3) is 0 Å². The molecule has 0 aliphatic heterocycles. The molecule has 0 saturated heterocycles. The largest absolute Gasteiger partial charge is 0.248 e. The molecular weight excluding hydrogens is 332 g/mol. The first kappa shape index (κ1) is 16.1. The first-order valence-corrected chi connectivity index (χ1v) is 9.31. The topological polar surface area (TPSA) is 17.6 Å². The van der Waals surface area contributed by atoms with Crippen molar-refractivity contribution in [2.24, 2.45) is 14.1 Å². The predicted molar refractivity (Wildman–Crippen MR) is 105 cm³/mol. The van der Waals surface area contributed by atoms with Crippen LogP contribution in [0, 0.1) is 0 Å². The van der Waals surface area contributed by atoms with Crippen molar-refractivity contribution >= 4 is 0 Å². The lowest BCUT2D eigenvalue weighted by atomic mass is 9.82. The van der Waals surface area contributed by atoms with Crippen molar-refractivity contribution in [2.45, 2.75) is 19.3 Å². The summed E-state index contributed by atoms with van der Waals surface area (Å²) >= 11 is 0. The molecule has 2 aromatic carbocycles. The normalized spacial score (nSPS) is 14.2. The first-order chi connectivity index (χ1) is 12.9. The van der Waals surface area contributed by atoms with Crippen LogP contribution in [0.2, 0.25) is 0 Å². The molecule has 1 aliphatic rings. The fourth-order valence-corrected chi connectivity index (χ4v) is 4.33. The van der Waals surface area contributed by atoms with E-state index in [9.17, 15) is 0 Å². The van der Waals surface area contributed by atoms with Crippen LogP contribution in [0.15, 0.2) is 73.8 Å². The van der Waals surface area contributed by atoms with Gasteiger partial charge in [0.2, 0.25) is 12.7 Å². The Balaban J connectivity index is 1.86. The molecule has 134 valence electrons. The van der Waals surface area contributed by atoms with Crippen LogP contribution < -0.4 is 9.13 Å². The third-order valence-electron chi connectivity index (χ3n) is 5.76. The van der Waals surface area contributed by atoms with Gasteiger partial charge in [-0.2, -0.15) is 0 Å². The van der Waals surface area contributed by atoms with Crippen LogP contribution >= 0.6 is 0 Å². The van der Waals surface area contributed by atoms with E-state index in [1.165, 1.54) is 33.6 Å². The Hall–Kier alpha value is -3.14. The molecule has 1 aliphatic carbocycles. The van der Waals surface area contributed by atoms with Crippen LogP contribution in [-0.2, 0) is 19.5 Å². The highest BCUT2D eigenvalue weighted by Gasteiger charge is 2.39. The quantitative estimate of drug-likeness (QED) is 0.491. The Morgan fingerprint density at radius 3 is 2.15 bits per heavy atom. The van der Waals surface area contributed by atoms with E-state index in [2.05, 4.69) is 120 Å². The van der Waals surface area contributed by atoms with E-state index in [1.54, 1.807) is 0 Å². The lowest BCUT2D eigenvalue weighted by Crippen LogP contribution is -2.24. The van der Waals surface area contributed by atoms with Gasteiger partial charge in [0, 0.05) is 17.0 Å². The standard InChI is InChI=1S/C23H24N4/c1-23(2)19-8-6-5-7-18(19)22-20(23)13-17(26-11-9-24(3)15-26)14-21(22)27-12-10-25(4)16-27/h5-16H,1-4H3/q+2. The molecule has 0 saturated carbocycles. The van der Waals surface area contributed by atoms with Crippen molar-refractivity contribution in [3.8, 4) is 22.5 Å². The summed E-state index contributed by atoms with van der Waals surface area (Å²) in [7, 11) is 4.11. The number of aryl methyl sites for hydroxylation is 2.